The fourth-order valence-corrected chi connectivity index (χ4v) is 2.98. The molecule has 0 aliphatic rings. The number of unbranched alkanes of at least 4 members (excludes halogenated alkanes) is 1. The van der Waals surface area contributed by atoms with Gasteiger partial charge < -0.3 is 10.3 Å². The maximum Gasteiger partial charge on any atom is 0.251 e. The Balaban J connectivity index is 1.97. The van der Waals surface area contributed by atoms with Gasteiger partial charge >= 0.3 is 0 Å². The topological polar surface area (TPSA) is 74.8 Å². The number of hydrogen-bond donors (Lipinski definition) is 2. The molecule has 1 aromatic heterocycles. The summed E-state index contributed by atoms with van der Waals surface area (Å²) in [7, 11) is 0. The number of nitrogens with zero attached hydrogens (tertiary/aromatic N) is 1. The van der Waals surface area contributed by atoms with Crippen molar-refractivity contribution in [1.82, 2.24) is 9.97 Å². The van der Waals surface area contributed by atoms with E-state index in [0.717, 1.165) is 36.7 Å². The Morgan fingerprint density at radius 3 is 2.88 bits per heavy atom. The summed E-state index contributed by atoms with van der Waals surface area (Å²) in [6, 6.07) is 6.33. The molecule has 8 heteroatoms. The third-order valence-corrected chi connectivity index (χ3v) is 4.54. The highest BCUT2D eigenvalue weighted by Crippen LogP contribution is 2.25. The number of benzene rings is 1. The molecule has 1 heterocycles. The number of halogens is 2. The maximum absolute atomic E-state index is 12.0. The first-order valence-corrected chi connectivity index (χ1v) is 9.20. The SMILES string of the molecule is CCCCc1cc(=O)[nH]c(SCC(=O)Nc2cc(Cl)ccc2Cl)n1. The average molecular weight is 386 g/mol. The number of aromatic amines is 1. The minimum atomic E-state index is -0.259. The molecule has 128 valence electrons. The molecule has 2 rings (SSSR count). The number of nitrogens with one attached hydrogen (secondary N) is 2. The number of carbonyl (C=O) groups is 1. The minimum Gasteiger partial charge on any atom is -0.324 e. The zero-order chi connectivity index (χ0) is 17.5. The van der Waals surface area contributed by atoms with E-state index in [2.05, 4.69) is 22.2 Å². The van der Waals surface area contributed by atoms with Crippen LogP contribution in [0.4, 0.5) is 5.69 Å². The van der Waals surface area contributed by atoms with Crippen molar-refractivity contribution in [3.05, 3.63) is 50.4 Å². The number of aryl methyl sites for hydroxylation is 1. The van der Waals surface area contributed by atoms with Gasteiger partial charge in [0.15, 0.2) is 5.16 Å². The Kier molecular flexibility index (Phi) is 7.15. The van der Waals surface area contributed by atoms with Crippen molar-refractivity contribution < 1.29 is 4.79 Å². The molecule has 24 heavy (non-hydrogen) atoms. The van der Waals surface area contributed by atoms with E-state index in [4.69, 9.17) is 23.2 Å². The van der Waals surface area contributed by atoms with Crippen molar-refractivity contribution in [3.8, 4) is 0 Å². The zero-order valence-corrected chi connectivity index (χ0v) is 15.4. The molecule has 2 aromatic rings. The van der Waals surface area contributed by atoms with Gasteiger partial charge in [0.2, 0.25) is 5.91 Å². The van der Waals surface area contributed by atoms with Crippen LogP contribution in [0, 0.1) is 0 Å². The molecule has 0 saturated heterocycles. The van der Waals surface area contributed by atoms with Gasteiger partial charge in [0, 0.05) is 16.8 Å². The fourth-order valence-electron chi connectivity index (χ4n) is 1.95. The molecule has 5 nitrogen and oxygen atoms in total. The van der Waals surface area contributed by atoms with Crippen LogP contribution in [-0.4, -0.2) is 21.6 Å². The quantitative estimate of drug-likeness (QED) is 0.554. The number of hydrogen-bond acceptors (Lipinski definition) is 4. The first kappa shape index (κ1) is 18.8. The highest BCUT2D eigenvalue weighted by molar-refractivity contribution is 7.99. The van der Waals surface area contributed by atoms with E-state index < -0.39 is 0 Å². The summed E-state index contributed by atoms with van der Waals surface area (Å²) in [5.74, 6) is -0.158. The van der Waals surface area contributed by atoms with E-state index in [0.29, 0.717) is 20.9 Å². The summed E-state index contributed by atoms with van der Waals surface area (Å²) in [4.78, 5) is 30.7. The number of thioether (sulfide) groups is 1. The van der Waals surface area contributed by atoms with Gasteiger partial charge in [-0.05, 0) is 31.0 Å². The second kappa shape index (κ2) is 9.11. The minimum absolute atomic E-state index is 0.100. The average Bonchev–Trinajstić information content (AvgIpc) is 2.54. The Hall–Kier alpha value is -1.50. The first-order chi connectivity index (χ1) is 11.5. The number of amides is 1. The van der Waals surface area contributed by atoms with Gasteiger partial charge in [0.25, 0.3) is 5.56 Å². The summed E-state index contributed by atoms with van der Waals surface area (Å²) >= 11 is 13.1. The lowest BCUT2D eigenvalue weighted by Crippen LogP contribution is -2.16. The molecular weight excluding hydrogens is 369 g/mol. The number of aromatic nitrogens is 2. The molecule has 0 saturated carbocycles. The van der Waals surface area contributed by atoms with Crippen LogP contribution in [0.15, 0.2) is 34.2 Å². The summed E-state index contributed by atoms with van der Waals surface area (Å²) in [5, 5.41) is 4.01. The molecular formula is C16H17Cl2N3O2S. The van der Waals surface area contributed by atoms with Crippen LogP contribution in [-0.2, 0) is 11.2 Å². The lowest BCUT2D eigenvalue weighted by molar-refractivity contribution is -0.113. The van der Waals surface area contributed by atoms with Gasteiger partial charge in [-0.25, -0.2) is 4.98 Å². The Morgan fingerprint density at radius 1 is 1.33 bits per heavy atom. The van der Waals surface area contributed by atoms with E-state index in [9.17, 15) is 9.59 Å². The van der Waals surface area contributed by atoms with Crippen LogP contribution in [0.25, 0.3) is 0 Å². The van der Waals surface area contributed by atoms with Crippen LogP contribution >= 0.6 is 35.0 Å². The molecule has 1 amide bonds. The van der Waals surface area contributed by atoms with E-state index >= 15 is 0 Å². The standard InChI is InChI=1S/C16H17Cl2N3O2S/c1-2-3-4-11-8-14(22)21-16(19-11)24-9-15(23)20-13-7-10(17)5-6-12(13)18/h5-8H,2-4,9H2,1H3,(H,20,23)(H,19,21,22). The lowest BCUT2D eigenvalue weighted by Gasteiger charge is -2.08. The molecule has 2 N–H and O–H groups in total. The van der Waals surface area contributed by atoms with Gasteiger partial charge in [-0.3, -0.25) is 9.59 Å². The van der Waals surface area contributed by atoms with E-state index in [1.54, 1.807) is 18.2 Å². The number of H-pyrrole nitrogens is 1. The monoisotopic (exact) mass is 385 g/mol. The molecule has 0 spiro atoms. The van der Waals surface area contributed by atoms with E-state index in [1.165, 1.54) is 6.07 Å². The van der Waals surface area contributed by atoms with Crippen molar-refractivity contribution in [2.45, 2.75) is 31.3 Å². The second-order valence-corrected chi connectivity index (χ2v) is 6.91. The highest BCUT2D eigenvalue weighted by atomic mass is 35.5. The summed E-state index contributed by atoms with van der Waals surface area (Å²) in [6.07, 6.45) is 2.74. The summed E-state index contributed by atoms with van der Waals surface area (Å²) in [6.45, 7) is 2.08. The molecule has 0 radical (unpaired) electrons. The Bertz CT molecular complexity index is 780. The number of rotatable bonds is 7. The number of anilines is 1. The van der Waals surface area contributed by atoms with Crippen LogP contribution in [0.3, 0.4) is 0 Å². The van der Waals surface area contributed by atoms with Crippen molar-refractivity contribution in [2.24, 2.45) is 0 Å². The maximum atomic E-state index is 12.0. The second-order valence-electron chi connectivity index (χ2n) is 5.11. The lowest BCUT2D eigenvalue weighted by atomic mass is 10.2. The summed E-state index contributed by atoms with van der Waals surface area (Å²) in [5.41, 5.74) is 0.978. The van der Waals surface area contributed by atoms with Crippen molar-refractivity contribution in [3.63, 3.8) is 0 Å². The molecule has 0 bridgehead atoms. The van der Waals surface area contributed by atoms with Gasteiger partial charge in [-0.1, -0.05) is 48.3 Å². The van der Waals surface area contributed by atoms with Crippen LogP contribution < -0.4 is 10.9 Å². The zero-order valence-electron chi connectivity index (χ0n) is 13.1. The predicted molar refractivity (Wildman–Crippen MR) is 99.3 cm³/mol. The molecule has 0 aliphatic heterocycles. The van der Waals surface area contributed by atoms with Crippen LogP contribution in [0.5, 0.6) is 0 Å². The summed E-state index contributed by atoms with van der Waals surface area (Å²) < 4.78 is 0. The van der Waals surface area contributed by atoms with Crippen molar-refractivity contribution in [2.75, 3.05) is 11.1 Å². The normalized spacial score (nSPS) is 10.6. The molecule has 1 aromatic carbocycles. The third kappa shape index (κ3) is 5.85. The van der Waals surface area contributed by atoms with E-state index in [1.807, 2.05) is 0 Å². The highest BCUT2D eigenvalue weighted by Gasteiger charge is 2.09. The fraction of sp³-hybridized carbons (Fsp3) is 0.312. The van der Waals surface area contributed by atoms with Gasteiger partial charge in [0.1, 0.15) is 0 Å². The molecule has 0 fully saturated rings. The van der Waals surface area contributed by atoms with Crippen LogP contribution in [0.1, 0.15) is 25.5 Å². The van der Waals surface area contributed by atoms with Crippen molar-refractivity contribution >= 4 is 46.6 Å². The molecule has 0 aliphatic carbocycles. The largest absolute Gasteiger partial charge is 0.324 e. The molecule has 0 atom stereocenters. The van der Waals surface area contributed by atoms with Crippen LogP contribution in [0.2, 0.25) is 10.0 Å². The molecule has 0 unspecified atom stereocenters. The van der Waals surface area contributed by atoms with Gasteiger partial charge in [-0.15, -0.1) is 0 Å². The Morgan fingerprint density at radius 2 is 2.12 bits per heavy atom. The Labute approximate surface area is 154 Å². The van der Waals surface area contributed by atoms with Gasteiger partial charge in [-0.2, -0.15) is 0 Å². The number of carbonyl (C=O) groups excluding carboxylic acids is 1. The van der Waals surface area contributed by atoms with Crippen molar-refractivity contribution in [1.29, 1.82) is 0 Å². The smallest absolute Gasteiger partial charge is 0.251 e. The first-order valence-electron chi connectivity index (χ1n) is 7.46. The van der Waals surface area contributed by atoms with E-state index in [-0.39, 0.29) is 17.2 Å². The third-order valence-electron chi connectivity index (χ3n) is 3.10. The van der Waals surface area contributed by atoms with Gasteiger partial charge in [0.05, 0.1) is 16.5 Å². The predicted octanol–water partition coefficient (Wildman–Crippen LogP) is 4.15.